The smallest absolute Gasteiger partial charge is 0.317 e. The summed E-state index contributed by atoms with van der Waals surface area (Å²) >= 11 is 0. The first kappa shape index (κ1) is 15.6. The van der Waals surface area contributed by atoms with E-state index in [4.69, 9.17) is 5.11 Å². The van der Waals surface area contributed by atoms with Crippen LogP contribution in [0, 0.1) is 16.0 Å². The second kappa shape index (κ2) is 6.45. The molecule has 3 rings (SSSR count). The molecule has 124 valence electrons. The predicted octanol–water partition coefficient (Wildman–Crippen LogP) is 1.12. The Bertz CT molecular complexity index is 583. The van der Waals surface area contributed by atoms with E-state index in [2.05, 4.69) is 20.2 Å². The summed E-state index contributed by atoms with van der Waals surface area (Å²) in [4.78, 5) is 30.9. The minimum absolute atomic E-state index is 0.0852. The summed E-state index contributed by atoms with van der Waals surface area (Å²) in [5.74, 6) is 0.228. The van der Waals surface area contributed by atoms with Crippen molar-refractivity contribution in [3.63, 3.8) is 0 Å². The molecular formula is C14H19N5O4. The van der Waals surface area contributed by atoms with E-state index in [-0.39, 0.29) is 24.3 Å². The topological polar surface area (TPSA) is 121 Å². The molecule has 0 atom stereocenters. The van der Waals surface area contributed by atoms with Crippen molar-refractivity contribution < 1.29 is 14.8 Å². The number of rotatable bonds is 8. The molecule has 2 N–H and O–H groups in total. The van der Waals surface area contributed by atoms with Gasteiger partial charge in [0.1, 0.15) is 12.4 Å². The highest BCUT2D eigenvalue weighted by Crippen LogP contribution is 2.34. The van der Waals surface area contributed by atoms with Crippen LogP contribution >= 0.6 is 0 Å². The van der Waals surface area contributed by atoms with Crippen LogP contribution in [0.2, 0.25) is 0 Å². The molecule has 2 saturated carbocycles. The molecular weight excluding hydrogens is 302 g/mol. The average Bonchev–Trinajstić information content (AvgIpc) is 3.25. The number of hydrogen-bond donors (Lipinski definition) is 2. The normalized spacial score (nSPS) is 23.3. The van der Waals surface area contributed by atoms with Crippen LogP contribution in [0.15, 0.2) is 12.4 Å². The van der Waals surface area contributed by atoms with E-state index in [1.807, 2.05) is 0 Å². The molecule has 1 aromatic heterocycles. The van der Waals surface area contributed by atoms with Crippen molar-refractivity contribution >= 4 is 17.6 Å². The van der Waals surface area contributed by atoms with Gasteiger partial charge >= 0.3 is 11.7 Å². The summed E-state index contributed by atoms with van der Waals surface area (Å²) < 4.78 is 0. The van der Waals surface area contributed by atoms with E-state index < -0.39 is 10.9 Å². The monoisotopic (exact) mass is 321 g/mol. The summed E-state index contributed by atoms with van der Waals surface area (Å²) in [6, 6.07) is 0.444. The number of nitrogens with zero attached hydrogens (tertiary/aromatic N) is 4. The van der Waals surface area contributed by atoms with Crippen LogP contribution < -0.4 is 5.32 Å². The Morgan fingerprint density at radius 2 is 2.04 bits per heavy atom. The average molecular weight is 321 g/mol. The molecule has 0 amide bonds. The van der Waals surface area contributed by atoms with Crippen molar-refractivity contribution in [1.29, 1.82) is 0 Å². The molecule has 1 heterocycles. The molecule has 0 aliphatic heterocycles. The van der Waals surface area contributed by atoms with Crippen molar-refractivity contribution in [2.75, 3.05) is 18.4 Å². The van der Waals surface area contributed by atoms with E-state index in [1.54, 1.807) is 0 Å². The number of nitrogens with one attached hydrogen (secondary N) is 1. The third-order valence-corrected chi connectivity index (χ3v) is 4.34. The van der Waals surface area contributed by atoms with Crippen molar-refractivity contribution in [1.82, 2.24) is 14.9 Å². The Labute approximate surface area is 132 Å². The molecule has 9 nitrogen and oxygen atoms in total. The lowest BCUT2D eigenvalue weighted by Crippen LogP contribution is -2.52. The van der Waals surface area contributed by atoms with Gasteiger partial charge in [-0.3, -0.25) is 19.8 Å². The van der Waals surface area contributed by atoms with Crippen molar-refractivity contribution in [3.8, 4) is 0 Å². The zero-order chi connectivity index (χ0) is 16.4. The second-order valence-corrected chi connectivity index (χ2v) is 6.26. The number of aromatic nitrogens is 2. The summed E-state index contributed by atoms with van der Waals surface area (Å²) in [6.07, 6.45) is 6.41. The van der Waals surface area contributed by atoms with Crippen LogP contribution in [-0.4, -0.2) is 56.0 Å². The molecule has 2 aliphatic rings. The quantitative estimate of drug-likeness (QED) is 0.539. The van der Waals surface area contributed by atoms with Gasteiger partial charge in [0.25, 0.3) is 0 Å². The largest absolute Gasteiger partial charge is 0.480 e. The lowest BCUT2D eigenvalue weighted by atomic mass is 9.85. The maximum atomic E-state index is 11.0. The fourth-order valence-corrected chi connectivity index (χ4v) is 2.82. The summed E-state index contributed by atoms with van der Waals surface area (Å²) in [5, 5.41) is 22.7. The third-order valence-electron chi connectivity index (χ3n) is 4.34. The van der Waals surface area contributed by atoms with Gasteiger partial charge in [0.05, 0.1) is 11.5 Å². The maximum Gasteiger partial charge on any atom is 0.317 e. The zero-order valence-electron chi connectivity index (χ0n) is 12.6. The van der Waals surface area contributed by atoms with Gasteiger partial charge in [-0.2, -0.15) is 0 Å². The van der Waals surface area contributed by atoms with Gasteiger partial charge in [0, 0.05) is 18.6 Å². The number of anilines is 1. The van der Waals surface area contributed by atoms with Crippen LogP contribution in [0.4, 0.5) is 11.6 Å². The molecule has 2 aliphatic carbocycles. The number of carbonyl (C=O) groups is 1. The number of carboxylic acid groups (broad SMARTS) is 1. The molecule has 0 aromatic carbocycles. The van der Waals surface area contributed by atoms with E-state index in [0.717, 1.165) is 19.4 Å². The number of carboxylic acids is 1. The van der Waals surface area contributed by atoms with Crippen LogP contribution in [-0.2, 0) is 4.79 Å². The molecule has 0 bridgehead atoms. The third kappa shape index (κ3) is 4.13. The lowest BCUT2D eigenvalue weighted by molar-refractivity contribution is -0.385. The molecule has 23 heavy (non-hydrogen) atoms. The first-order valence-corrected chi connectivity index (χ1v) is 7.70. The first-order chi connectivity index (χ1) is 11.0. The minimum Gasteiger partial charge on any atom is -0.480 e. The van der Waals surface area contributed by atoms with Crippen molar-refractivity contribution in [3.05, 3.63) is 22.5 Å². The van der Waals surface area contributed by atoms with Gasteiger partial charge < -0.3 is 10.4 Å². The van der Waals surface area contributed by atoms with Gasteiger partial charge in [0.15, 0.2) is 0 Å². The number of hydrogen-bond acceptors (Lipinski definition) is 7. The van der Waals surface area contributed by atoms with Gasteiger partial charge in [-0.1, -0.05) is 0 Å². The standard InChI is InChI=1S/C14H19N5O4/c20-13(21)8-18(7-9-1-2-9)11-3-10(4-11)17-14-15-5-12(6-16-14)19(22)23/h5-6,9-11H,1-4,7-8H2,(H,20,21)(H,15,16,17). The molecule has 2 fully saturated rings. The second-order valence-electron chi connectivity index (χ2n) is 6.26. The Morgan fingerprint density at radius 3 is 2.57 bits per heavy atom. The summed E-state index contributed by atoms with van der Waals surface area (Å²) in [7, 11) is 0. The highest BCUT2D eigenvalue weighted by molar-refractivity contribution is 5.69. The lowest BCUT2D eigenvalue weighted by Gasteiger charge is -2.42. The molecule has 0 unspecified atom stereocenters. The van der Waals surface area contributed by atoms with Crippen LogP contribution in [0.1, 0.15) is 25.7 Å². The Hall–Kier alpha value is -2.29. The molecule has 1 aromatic rings. The predicted molar refractivity (Wildman–Crippen MR) is 81.1 cm³/mol. The molecule has 0 saturated heterocycles. The Kier molecular flexibility index (Phi) is 4.37. The molecule has 0 spiro atoms. The van der Waals surface area contributed by atoms with Crippen LogP contribution in [0.3, 0.4) is 0 Å². The van der Waals surface area contributed by atoms with E-state index in [0.29, 0.717) is 11.9 Å². The van der Waals surface area contributed by atoms with Crippen molar-refractivity contribution in [2.45, 2.75) is 37.8 Å². The molecule has 0 radical (unpaired) electrons. The highest BCUT2D eigenvalue weighted by atomic mass is 16.6. The SMILES string of the molecule is O=C(O)CN(CC1CC1)C1CC(Nc2ncc([N+](=O)[O-])cn2)C1. The summed E-state index contributed by atoms with van der Waals surface area (Å²) in [5.41, 5.74) is -0.140. The van der Waals surface area contributed by atoms with Gasteiger partial charge in [-0.15, -0.1) is 0 Å². The number of nitro groups is 1. The van der Waals surface area contributed by atoms with Crippen LogP contribution in [0.25, 0.3) is 0 Å². The van der Waals surface area contributed by atoms with Crippen molar-refractivity contribution in [2.24, 2.45) is 5.92 Å². The van der Waals surface area contributed by atoms with E-state index in [9.17, 15) is 14.9 Å². The fraction of sp³-hybridized carbons (Fsp3) is 0.643. The Balaban J connectivity index is 1.49. The summed E-state index contributed by atoms with van der Waals surface area (Å²) in [6.45, 7) is 0.944. The Morgan fingerprint density at radius 1 is 1.39 bits per heavy atom. The van der Waals surface area contributed by atoms with Crippen LogP contribution in [0.5, 0.6) is 0 Å². The molecule has 9 heteroatoms. The minimum atomic E-state index is -0.791. The first-order valence-electron chi connectivity index (χ1n) is 7.70. The van der Waals surface area contributed by atoms with Gasteiger partial charge in [-0.25, -0.2) is 9.97 Å². The van der Waals surface area contributed by atoms with Gasteiger partial charge in [0.2, 0.25) is 5.95 Å². The van der Waals surface area contributed by atoms with E-state index in [1.165, 1.54) is 25.2 Å². The van der Waals surface area contributed by atoms with Gasteiger partial charge in [-0.05, 0) is 31.6 Å². The number of aliphatic carboxylic acids is 1. The zero-order valence-corrected chi connectivity index (χ0v) is 12.6. The fourth-order valence-electron chi connectivity index (χ4n) is 2.82. The maximum absolute atomic E-state index is 11.0. The van der Waals surface area contributed by atoms with E-state index >= 15 is 0 Å². The highest BCUT2D eigenvalue weighted by Gasteiger charge is 2.37.